The molecule has 16 heavy (non-hydrogen) atoms. The minimum Gasteiger partial charge on any atom is -0.481 e. The zero-order valence-corrected chi connectivity index (χ0v) is 10.7. The van der Waals surface area contributed by atoms with Gasteiger partial charge in [-0.1, -0.05) is 34.6 Å². The summed E-state index contributed by atoms with van der Waals surface area (Å²) in [5.41, 5.74) is -1.81. The van der Waals surface area contributed by atoms with E-state index in [1.54, 1.807) is 34.6 Å². The van der Waals surface area contributed by atoms with Crippen molar-refractivity contribution in [3.05, 3.63) is 0 Å². The summed E-state index contributed by atoms with van der Waals surface area (Å²) in [5.74, 6) is -2.89. The molecule has 0 fully saturated rings. The van der Waals surface area contributed by atoms with Gasteiger partial charge in [0.2, 0.25) is 0 Å². The third-order valence-electron chi connectivity index (χ3n) is 3.58. The smallest absolute Gasteiger partial charge is 0.311 e. The maximum atomic E-state index is 11.5. The molecular formula is C12H22O4. The summed E-state index contributed by atoms with van der Waals surface area (Å²) in [5, 5.41) is 18.6. The Labute approximate surface area is 96.7 Å². The molecule has 0 saturated heterocycles. The molecule has 0 aliphatic carbocycles. The summed E-state index contributed by atoms with van der Waals surface area (Å²) in [6, 6.07) is 0. The van der Waals surface area contributed by atoms with Gasteiger partial charge in [0, 0.05) is 0 Å². The van der Waals surface area contributed by atoms with Crippen molar-refractivity contribution in [2.45, 2.75) is 47.5 Å². The highest BCUT2D eigenvalue weighted by atomic mass is 16.4. The van der Waals surface area contributed by atoms with E-state index in [1.807, 2.05) is 0 Å². The van der Waals surface area contributed by atoms with Gasteiger partial charge in [-0.3, -0.25) is 9.59 Å². The van der Waals surface area contributed by atoms with E-state index < -0.39 is 28.7 Å². The van der Waals surface area contributed by atoms with Crippen LogP contribution in [0.1, 0.15) is 47.5 Å². The van der Waals surface area contributed by atoms with Gasteiger partial charge >= 0.3 is 11.9 Å². The molecule has 0 aliphatic heterocycles. The van der Waals surface area contributed by atoms with Crippen LogP contribution < -0.4 is 0 Å². The first-order valence-corrected chi connectivity index (χ1v) is 5.61. The Morgan fingerprint density at radius 2 is 1.56 bits per heavy atom. The molecule has 4 nitrogen and oxygen atoms in total. The highest BCUT2D eigenvalue weighted by Crippen LogP contribution is 2.49. The maximum absolute atomic E-state index is 11.5. The Kier molecular flexibility index (Phi) is 4.53. The summed E-state index contributed by atoms with van der Waals surface area (Å²) < 4.78 is 0. The Morgan fingerprint density at radius 3 is 1.62 bits per heavy atom. The van der Waals surface area contributed by atoms with E-state index in [0.717, 1.165) is 0 Å². The molecule has 0 radical (unpaired) electrons. The number of aliphatic carboxylic acids is 2. The standard InChI is InChI=1S/C12H22O4/c1-6-8(9(13)14)12(7-2,10(15)16)11(3,4)5/h8H,6-7H2,1-5H3,(H,13,14)(H,15,16). The second kappa shape index (κ2) is 4.85. The third kappa shape index (κ3) is 2.20. The highest BCUT2D eigenvalue weighted by molar-refractivity contribution is 5.84. The normalized spacial score (nSPS) is 17.6. The van der Waals surface area contributed by atoms with Crippen molar-refractivity contribution in [3.8, 4) is 0 Å². The van der Waals surface area contributed by atoms with Crippen LogP contribution >= 0.6 is 0 Å². The SMILES string of the molecule is CCC(C(=O)O)C(CC)(C(=O)O)C(C)(C)C. The molecule has 0 bridgehead atoms. The molecule has 2 atom stereocenters. The molecule has 0 aromatic heterocycles. The summed E-state index contributed by atoms with van der Waals surface area (Å²) in [7, 11) is 0. The number of hydrogen-bond donors (Lipinski definition) is 2. The van der Waals surface area contributed by atoms with Gasteiger partial charge in [-0.25, -0.2) is 0 Å². The van der Waals surface area contributed by atoms with Gasteiger partial charge in [0.05, 0.1) is 11.3 Å². The fourth-order valence-corrected chi connectivity index (χ4v) is 2.65. The summed E-state index contributed by atoms with van der Waals surface area (Å²) in [6.07, 6.45) is 0.642. The number of rotatable bonds is 5. The second-order valence-electron chi connectivity index (χ2n) is 5.18. The van der Waals surface area contributed by atoms with Crippen molar-refractivity contribution in [1.82, 2.24) is 0 Å². The monoisotopic (exact) mass is 230 g/mol. The first kappa shape index (κ1) is 14.9. The lowest BCUT2D eigenvalue weighted by molar-refractivity contribution is -0.173. The first-order chi connectivity index (χ1) is 7.15. The molecule has 0 spiro atoms. The van der Waals surface area contributed by atoms with E-state index in [1.165, 1.54) is 0 Å². The Bertz CT molecular complexity index is 277. The first-order valence-electron chi connectivity index (χ1n) is 5.61. The molecule has 0 aliphatic rings. The lowest BCUT2D eigenvalue weighted by atomic mass is 9.57. The van der Waals surface area contributed by atoms with Crippen LogP contribution in [0.3, 0.4) is 0 Å². The molecule has 94 valence electrons. The van der Waals surface area contributed by atoms with Crippen molar-refractivity contribution < 1.29 is 19.8 Å². The van der Waals surface area contributed by atoms with Gasteiger partial charge in [-0.2, -0.15) is 0 Å². The van der Waals surface area contributed by atoms with Crippen LogP contribution in [0.5, 0.6) is 0 Å². The van der Waals surface area contributed by atoms with Crippen LogP contribution in [-0.2, 0) is 9.59 Å². The molecule has 0 saturated carbocycles. The second-order valence-corrected chi connectivity index (χ2v) is 5.18. The van der Waals surface area contributed by atoms with Crippen LogP contribution in [0.2, 0.25) is 0 Å². The van der Waals surface area contributed by atoms with Gasteiger partial charge in [-0.15, -0.1) is 0 Å². The molecule has 0 rings (SSSR count). The molecule has 0 aromatic carbocycles. The fraction of sp³-hybridized carbons (Fsp3) is 0.833. The number of carbonyl (C=O) groups is 2. The van der Waals surface area contributed by atoms with E-state index in [-0.39, 0.29) is 0 Å². The van der Waals surface area contributed by atoms with Gasteiger partial charge in [-0.05, 0) is 18.3 Å². The van der Waals surface area contributed by atoms with E-state index in [9.17, 15) is 19.8 Å². The molecular weight excluding hydrogens is 208 g/mol. The van der Waals surface area contributed by atoms with Crippen molar-refractivity contribution in [2.75, 3.05) is 0 Å². The Balaban J connectivity index is 5.71. The third-order valence-corrected chi connectivity index (χ3v) is 3.58. The van der Waals surface area contributed by atoms with Crippen LogP contribution in [0.15, 0.2) is 0 Å². The predicted molar refractivity (Wildman–Crippen MR) is 61.2 cm³/mol. The van der Waals surface area contributed by atoms with Gasteiger partial charge < -0.3 is 10.2 Å². The van der Waals surface area contributed by atoms with Crippen LogP contribution in [-0.4, -0.2) is 22.2 Å². The number of hydrogen-bond acceptors (Lipinski definition) is 2. The zero-order chi connectivity index (χ0) is 13.1. The maximum Gasteiger partial charge on any atom is 0.311 e. The van der Waals surface area contributed by atoms with Gasteiger partial charge in [0.25, 0.3) is 0 Å². The molecule has 2 unspecified atom stereocenters. The lowest BCUT2D eigenvalue weighted by Crippen LogP contribution is -2.51. The van der Waals surface area contributed by atoms with E-state index in [2.05, 4.69) is 0 Å². The molecule has 0 heterocycles. The van der Waals surface area contributed by atoms with E-state index in [0.29, 0.717) is 12.8 Å². The highest BCUT2D eigenvalue weighted by Gasteiger charge is 2.54. The molecule has 4 heteroatoms. The molecule has 2 N–H and O–H groups in total. The van der Waals surface area contributed by atoms with Crippen LogP contribution in [0, 0.1) is 16.7 Å². The van der Waals surface area contributed by atoms with Crippen molar-refractivity contribution >= 4 is 11.9 Å². The fourth-order valence-electron chi connectivity index (χ4n) is 2.65. The zero-order valence-electron chi connectivity index (χ0n) is 10.7. The number of carboxylic acid groups (broad SMARTS) is 2. The van der Waals surface area contributed by atoms with Crippen molar-refractivity contribution in [1.29, 1.82) is 0 Å². The predicted octanol–water partition coefficient (Wildman–Crippen LogP) is 2.62. The number of carboxylic acids is 2. The average molecular weight is 230 g/mol. The van der Waals surface area contributed by atoms with E-state index in [4.69, 9.17) is 0 Å². The van der Waals surface area contributed by atoms with Gasteiger partial charge in [0.1, 0.15) is 0 Å². The minimum atomic E-state index is -1.21. The minimum absolute atomic E-state index is 0.316. The molecule has 0 aromatic rings. The summed E-state index contributed by atoms with van der Waals surface area (Å²) >= 11 is 0. The Hall–Kier alpha value is -1.06. The van der Waals surface area contributed by atoms with Crippen LogP contribution in [0.4, 0.5) is 0 Å². The van der Waals surface area contributed by atoms with E-state index >= 15 is 0 Å². The van der Waals surface area contributed by atoms with Gasteiger partial charge in [0.15, 0.2) is 0 Å². The molecule has 0 amide bonds. The van der Waals surface area contributed by atoms with Crippen LogP contribution in [0.25, 0.3) is 0 Å². The Morgan fingerprint density at radius 1 is 1.12 bits per heavy atom. The quantitative estimate of drug-likeness (QED) is 0.761. The largest absolute Gasteiger partial charge is 0.481 e. The average Bonchev–Trinajstić information content (AvgIpc) is 2.10. The summed E-state index contributed by atoms with van der Waals surface area (Å²) in [6.45, 7) is 8.82. The topological polar surface area (TPSA) is 74.6 Å². The lowest BCUT2D eigenvalue weighted by Gasteiger charge is -2.44. The van der Waals surface area contributed by atoms with Crippen molar-refractivity contribution in [3.63, 3.8) is 0 Å². The summed E-state index contributed by atoms with van der Waals surface area (Å²) in [4.78, 5) is 22.8. The van der Waals surface area contributed by atoms with Crippen molar-refractivity contribution in [2.24, 2.45) is 16.7 Å².